The molecule has 4 N–H and O–H groups in total. The highest BCUT2D eigenvalue weighted by atomic mass is 16.6. The second-order valence-electron chi connectivity index (χ2n) is 5.63. The van der Waals surface area contributed by atoms with Crippen LogP contribution in [0.2, 0.25) is 0 Å². The third kappa shape index (κ3) is 4.39. The monoisotopic (exact) mass is 398 g/mol. The highest BCUT2D eigenvalue weighted by Crippen LogP contribution is 2.37. The predicted molar refractivity (Wildman–Crippen MR) is 89.2 cm³/mol. The molecule has 0 unspecified atom stereocenters. The van der Waals surface area contributed by atoms with Crippen molar-refractivity contribution in [1.82, 2.24) is 0 Å². The second kappa shape index (κ2) is 8.69. The summed E-state index contributed by atoms with van der Waals surface area (Å²) in [5.74, 6) is -4.02. The molecule has 0 aliphatic carbocycles. The first-order valence-electron chi connectivity index (χ1n) is 7.83. The molecule has 1 aliphatic heterocycles. The molecule has 1 heterocycles. The number of ether oxygens (including phenoxy) is 4. The van der Waals surface area contributed by atoms with E-state index in [1.807, 2.05) is 0 Å². The molecule has 0 radical (unpaired) electrons. The number of aromatic hydroxyl groups is 1. The molecule has 152 valence electrons. The summed E-state index contributed by atoms with van der Waals surface area (Å²) < 4.78 is 18.8. The van der Waals surface area contributed by atoms with Gasteiger partial charge in [0.1, 0.15) is 12.2 Å². The van der Waals surface area contributed by atoms with Crippen LogP contribution < -0.4 is 9.47 Å². The van der Waals surface area contributed by atoms with Crippen LogP contribution in [0, 0.1) is 0 Å². The van der Waals surface area contributed by atoms with Gasteiger partial charge < -0.3 is 39.4 Å². The largest absolute Gasteiger partial charge is 0.502 e. The predicted octanol–water partition coefficient (Wildman–Crippen LogP) is -1.50. The molecule has 28 heavy (non-hydrogen) atoms. The number of carbonyl (C=O) groups excluding carboxylic acids is 3. The summed E-state index contributed by atoms with van der Waals surface area (Å²) >= 11 is 0. The van der Waals surface area contributed by atoms with Crippen molar-refractivity contribution in [2.75, 3.05) is 14.2 Å². The first-order valence-corrected chi connectivity index (χ1v) is 7.83. The van der Waals surface area contributed by atoms with E-state index in [-0.39, 0.29) is 17.2 Å². The molecule has 1 saturated heterocycles. The molecule has 0 bridgehead atoms. The number of hydrogen-bond donors (Lipinski definition) is 4. The molecule has 0 saturated carbocycles. The van der Waals surface area contributed by atoms with Gasteiger partial charge in [0.15, 0.2) is 17.6 Å². The van der Waals surface area contributed by atoms with E-state index in [4.69, 9.17) is 9.47 Å². The van der Waals surface area contributed by atoms with Gasteiger partial charge in [0.25, 0.3) is 0 Å². The average Bonchev–Trinajstić information content (AvgIpc) is 2.68. The van der Waals surface area contributed by atoms with Crippen LogP contribution >= 0.6 is 0 Å². The van der Waals surface area contributed by atoms with Crippen LogP contribution in [-0.4, -0.2) is 77.0 Å². The van der Waals surface area contributed by atoms with E-state index in [1.165, 1.54) is 32.4 Å². The lowest BCUT2D eigenvalue weighted by Crippen LogP contribution is -2.58. The van der Waals surface area contributed by atoms with Crippen molar-refractivity contribution in [1.29, 1.82) is 0 Å². The number of rotatable bonds is 5. The summed E-state index contributed by atoms with van der Waals surface area (Å²) in [4.78, 5) is 35.0. The van der Waals surface area contributed by atoms with Crippen molar-refractivity contribution in [3.05, 3.63) is 23.8 Å². The Bertz CT molecular complexity index is 775. The third-order valence-corrected chi connectivity index (χ3v) is 3.82. The van der Waals surface area contributed by atoms with Gasteiger partial charge in [-0.3, -0.25) is 0 Å². The lowest BCUT2D eigenvalue weighted by molar-refractivity contribution is -0.211. The van der Waals surface area contributed by atoms with Gasteiger partial charge in [-0.15, -0.1) is 0 Å². The number of cyclic esters (lactones) is 1. The number of methoxy groups -OCH3 is 2. The zero-order valence-corrected chi connectivity index (χ0v) is 14.8. The molecule has 1 aromatic rings. The fourth-order valence-corrected chi connectivity index (χ4v) is 2.32. The van der Waals surface area contributed by atoms with Crippen molar-refractivity contribution < 1.29 is 53.8 Å². The van der Waals surface area contributed by atoms with E-state index in [2.05, 4.69) is 9.47 Å². The summed E-state index contributed by atoms with van der Waals surface area (Å²) in [6, 6.07) is 2.77. The molecule has 0 aromatic heterocycles. The number of carbonyl (C=O) groups is 3. The van der Waals surface area contributed by atoms with Crippen molar-refractivity contribution in [2.24, 2.45) is 0 Å². The summed E-state index contributed by atoms with van der Waals surface area (Å²) in [5.41, 5.74) is 0.360. The molecule has 1 aromatic carbocycles. The average molecular weight is 398 g/mol. The zero-order valence-electron chi connectivity index (χ0n) is 14.8. The fraction of sp³-hybridized carbons (Fsp3) is 0.353. The third-order valence-electron chi connectivity index (χ3n) is 3.82. The smallest absolute Gasteiger partial charge is 0.358 e. The molecule has 2 rings (SSSR count). The summed E-state index contributed by atoms with van der Waals surface area (Å²) in [6.07, 6.45) is -5.86. The van der Waals surface area contributed by atoms with Crippen LogP contribution in [0.25, 0.3) is 6.08 Å². The zero-order chi connectivity index (χ0) is 21.0. The minimum Gasteiger partial charge on any atom is -0.502 e. The first-order chi connectivity index (χ1) is 13.2. The van der Waals surface area contributed by atoms with Gasteiger partial charge in [-0.25, -0.2) is 14.4 Å². The van der Waals surface area contributed by atoms with Gasteiger partial charge in [0, 0.05) is 6.08 Å². The molecular weight excluding hydrogens is 380 g/mol. The van der Waals surface area contributed by atoms with Crippen LogP contribution in [-0.2, 0) is 23.9 Å². The normalized spacial score (nSPS) is 24.5. The van der Waals surface area contributed by atoms with Crippen molar-refractivity contribution in [3.8, 4) is 17.2 Å². The standard InChI is InChI=1S/C17H18O11/c1-25-8-5-7(6-9(26-2)11(8)19)3-4-10(18)27-17(24)15-13(21)12(20)14(22)16(23)28-15/h3-6,12-15,19-22H,1-2H3/b4-3+/t12-,13-,14+,15-/m0/s1. The summed E-state index contributed by atoms with van der Waals surface area (Å²) in [6.45, 7) is 0. The minimum absolute atomic E-state index is 0.0771. The van der Waals surface area contributed by atoms with Crippen molar-refractivity contribution in [2.45, 2.75) is 24.4 Å². The van der Waals surface area contributed by atoms with Gasteiger partial charge in [0.05, 0.1) is 14.2 Å². The molecule has 4 atom stereocenters. The first kappa shape index (κ1) is 21.2. The van der Waals surface area contributed by atoms with E-state index in [0.717, 1.165) is 6.08 Å². The lowest BCUT2D eigenvalue weighted by Gasteiger charge is -2.32. The van der Waals surface area contributed by atoms with Crippen LogP contribution in [0.15, 0.2) is 18.2 Å². The Morgan fingerprint density at radius 1 is 1.07 bits per heavy atom. The number of benzene rings is 1. The lowest BCUT2D eigenvalue weighted by atomic mass is 10.00. The maximum atomic E-state index is 11.9. The topological polar surface area (TPSA) is 169 Å². The quantitative estimate of drug-likeness (QED) is 0.259. The Hall–Kier alpha value is -3.15. The van der Waals surface area contributed by atoms with Gasteiger partial charge in [-0.2, -0.15) is 0 Å². The fourth-order valence-electron chi connectivity index (χ4n) is 2.32. The second-order valence-corrected chi connectivity index (χ2v) is 5.63. The molecular formula is C17H18O11. The number of phenols is 1. The highest BCUT2D eigenvalue weighted by molar-refractivity contribution is 5.97. The molecule has 0 amide bonds. The summed E-state index contributed by atoms with van der Waals surface area (Å²) in [5, 5.41) is 38.3. The number of aliphatic hydroxyl groups is 3. The Morgan fingerprint density at radius 2 is 1.64 bits per heavy atom. The Morgan fingerprint density at radius 3 is 2.18 bits per heavy atom. The van der Waals surface area contributed by atoms with Crippen LogP contribution in [0.3, 0.4) is 0 Å². The van der Waals surface area contributed by atoms with Crippen LogP contribution in [0.1, 0.15) is 5.56 Å². The van der Waals surface area contributed by atoms with Crippen molar-refractivity contribution >= 4 is 24.0 Å². The maximum absolute atomic E-state index is 11.9. The minimum atomic E-state index is -2.02. The van der Waals surface area contributed by atoms with E-state index >= 15 is 0 Å². The van der Waals surface area contributed by atoms with Crippen LogP contribution in [0.4, 0.5) is 0 Å². The number of aliphatic hydroxyl groups excluding tert-OH is 3. The SMILES string of the molecule is COc1cc(/C=C/C(=O)OC(=O)[C@H]2OC(=O)[C@H](O)[C@@H](O)[C@@H]2O)cc(OC)c1O. The molecule has 1 fully saturated rings. The van der Waals surface area contributed by atoms with Crippen LogP contribution in [0.5, 0.6) is 17.2 Å². The Balaban J connectivity index is 2.07. The number of hydrogen-bond acceptors (Lipinski definition) is 11. The van der Waals surface area contributed by atoms with Gasteiger partial charge in [-0.05, 0) is 23.8 Å². The highest BCUT2D eigenvalue weighted by Gasteiger charge is 2.48. The number of esters is 3. The molecule has 11 heteroatoms. The van der Waals surface area contributed by atoms with E-state index in [0.29, 0.717) is 5.56 Å². The van der Waals surface area contributed by atoms with E-state index < -0.39 is 42.3 Å². The molecule has 0 spiro atoms. The van der Waals surface area contributed by atoms with Gasteiger partial charge in [-0.1, -0.05) is 0 Å². The van der Waals surface area contributed by atoms with E-state index in [9.17, 15) is 34.8 Å². The molecule has 1 aliphatic rings. The molecule has 11 nitrogen and oxygen atoms in total. The van der Waals surface area contributed by atoms with Gasteiger partial charge >= 0.3 is 17.9 Å². The number of phenolic OH excluding ortho intramolecular Hbond substituents is 1. The Labute approximate surface area is 158 Å². The summed E-state index contributed by atoms with van der Waals surface area (Å²) in [7, 11) is 2.63. The van der Waals surface area contributed by atoms with Crippen molar-refractivity contribution in [3.63, 3.8) is 0 Å². The van der Waals surface area contributed by atoms with E-state index in [1.54, 1.807) is 0 Å². The maximum Gasteiger partial charge on any atom is 0.358 e. The van der Waals surface area contributed by atoms with Gasteiger partial charge in [0.2, 0.25) is 11.9 Å². The Kier molecular flexibility index (Phi) is 6.57.